The highest BCUT2D eigenvalue weighted by molar-refractivity contribution is 5.88. The topological polar surface area (TPSA) is 52.6 Å². The van der Waals surface area contributed by atoms with Crippen molar-refractivity contribution in [1.29, 1.82) is 0 Å². The maximum Gasteiger partial charge on any atom is 0.333 e. The SMILES string of the molecule is C=C(C)C(=O)OC1CC2C(/C=C(\C)C(=O)OCC(C)C)CC1(C)C2(C)C. The molecule has 0 amide bonds. The summed E-state index contributed by atoms with van der Waals surface area (Å²) in [6.07, 6.45) is 3.73. The summed E-state index contributed by atoms with van der Waals surface area (Å²) in [5.74, 6) is 0.482. The van der Waals surface area contributed by atoms with Gasteiger partial charge in [0.05, 0.1) is 6.61 Å². The van der Waals surface area contributed by atoms with E-state index in [9.17, 15) is 9.59 Å². The van der Waals surface area contributed by atoms with Crippen LogP contribution in [0.25, 0.3) is 0 Å². The maximum absolute atomic E-state index is 12.2. The fourth-order valence-electron chi connectivity index (χ4n) is 4.69. The molecule has 0 saturated heterocycles. The second-order valence-corrected chi connectivity index (χ2v) is 9.37. The van der Waals surface area contributed by atoms with Gasteiger partial charge in [0, 0.05) is 16.6 Å². The standard InChI is InChI=1S/C22H34O4/c1-13(2)12-25-20(24)15(5)9-16-11-22(8)18(26-19(23)14(3)4)10-17(16)21(22,6)7/h9,13,16-18H,3,10-12H2,1-2,4-8H3/b15-9+. The molecule has 0 aromatic heterocycles. The Hall–Kier alpha value is -1.58. The summed E-state index contributed by atoms with van der Waals surface area (Å²) in [5, 5.41) is 0. The van der Waals surface area contributed by atoms with Crippen LogP contribution in [-0.4, -0.2) is 24.6 Å². The summed E-state index contributed by atoms with van der Waals surface area (Å²) in [7, 11) is 0. The van der Waals surface area contributed by atoms with Crippen LogP contribution in [0.4, 0.5) is 0 Å². The Morgan fingerprint density at radius 3 is 2.27 bits per heavy atom. The molecule has 2 fully saturated rings. The molecule has 146 valence electrons. The Bertz CT molecular complexity index is 628. The zero-order chi connectivity index (χ0) is 19.9. The van der Waals surface area contributed by atoms with Gasteiger partial charge in [0.1, 0.15) is 6.10 Å². The second kappa shape index (κ2) is 7.21. The minimum atomic E-state index is -0.305. The Morgan fingerprint density at radius 1 is 1.19 bits per heavy atom. The quantitative estimate of drug-likeness (QED) is 0.508. The first-order valence-electron chi connectivity index (χ1n) is 9.62. The third-order valence-corrected chi connectivity index (χ3v) is 6.69. The van der Waals surface area contributed by atoms with Gasteiger partial charge in [0.15, 0.2) is 0 Å². The zero-order valence-corrected chi connectivity index (χ0v) is 17.3. The van der Waals surface area contributed by atoms with Crippen LogP contribution >= 0.6 is 0 Å². The number of ether oxygens (including phenoxy) is 2. The molecule has 0 heterocycles. The van der Waals surface area contributed by atoms with Gasteiger partial charge in [-0.05, 0) is 49.9 Å². The number of esters is 2. The molecule has 0 spiro atoms. The van der Waals surface area contributed by atoms with Crippen LogP contribution in [0.15, 0.2) is 23.8 Å². The number of hydrogen-bond acceptors (Lipinski definition) is 4. The number of allylic oxidation sites excluding steroid dienone is 1. The summed E-state index contributed by atoms with van der Waals surface area (Å²) in [4.78, 5) is 24.2. The van der Waals surface area contributed by atoms with E-state index in [1.807, 2.05) is 20.8 Å². The molecular formula is C22H34O4. The molecular weight excluding hydrogens is 328 g/mol. The molecule has 0 aromatic rings. The largest absolute Gasteiger partial charge is 0.462 e. The summed E-state index contributed by atoms with van der Waals surface area (Å²) >= 11 is 0. The highest BCUT2D eigenvalue weighted by Crippen LogP contribution is 2.68. The molecule has 2 aliphatic carbocycles. The molecule has 4 heteroatoms. The fraction of sp³-hybridized carbons (Fsp3) is 0.727. The molecule has 2 saturated carbocycles. The van der Waals surface area contributed by atoms with Gasteiger partial charge in [-0.2, -0.15) is 0 Å². The van der Waals surface area contributed by atoms with Crippen molar-refractivity contribution in [3.8, 4) is 0 Å². The minimum Gasteiger partial charge on any atom is -0.462 e. The van der Waals surface area contributed by atoms with Crippen molar-refractivity contribution in [3.63, 3.8) is 0 Å². The summed E-state index contributed by atoms with van der Waals surface area (Å²) in [6, 6.07) is 0. The van der Waals surface area contributed by atoms with Crippen molar-refractivity contribution in [2.24, 2.45) is 28.6 Å². The predicted molar refractivity (Wildman–Crippen MR) is 102 cm³/mol. The molecule has 4 nitrogen and oxygen atoms in total. The van der Waals surface area contributed by atoms with Crippen molar-refractivity contribution in [2.75, 3.05) is 6.61 Å². The molecule has 0 radical (unpaired) electrons. The van der Waals surface area contributed by atoms with Crippen LogP contribution in [0.3, 0.4) is 0 Å². The van der Waals surface area contributed by atoms with Gasteiger partial charge < -0.3 is 9.47 Å². The van der Waals surface area contributed by atoms with Gasteiger partial charge in [0.25, 0.3) is 0 Å². The van der Waals surface area contributed by atoms with E-state index in [0.717, 1.165) is 12.8 Å². The Balaban J connectivity index is 2.13. The van der Waals surface area contributed by atoms with Gasteiger partial charge in [0.2, 0.25) is 0 Å². The van der Waals surface area contributed by atoms with Crippen LogP contribution in [0.2, 0.25) is 0 Å². The van der Waals surface area contributed by atoms with E-state index in [4.69, 9.17) is 9.47 Å². The fourth-order valence-corrected chi connectivity index (χ4v) is 4.69. The van der Waals surface area contributed by atoms with E-state index in [2.05, 4.69) is 33.4 Å². The number of rotatable bonds is 6. The Morgan fingerprint density at radius 2 is 1.81 bits per heavy atom. The van der Waals surface area contributed by atoms with Gasteiger partial charge in [-0.25, -0.2) is 9.59 Å². The van der Waals surface area contributed by atoms with Crippen molar-refractivity contribution in [2.45, 2.75) is 67.4 Å². The van der Waals surface area contributed by atoms with E-state index in [-0.39, 0.29) is 28.9 Å². The van der Waals surface area contributed by atoms with Crippen molar-refractivity contribution < 1.29 is 19.1 Å². The van der Waals surface area contributed by atoms with Gasteiger partial charge >= 0.3 is 11.9 Å². The van der Waals surface area contributed by atoms with E-state index in [0.29, 0.717) is 35.5 Å². The van der Waals surface area contributed by atoms with Gasteiger partial charge in [-0.15, -0.1) is 0 Å². The average Bonchev–Trinajstić information content (AvgIpc) is 2.83. The number of fused-ring (bicyclic) bond motifs is 2. The highest BCUT2D eigenvalue weighted by atomic mass is 16.5. The molecule has 0 aliphatic heterocycles. The van der Waals surface area contributed by atoms with Gasteiger partial charge in [-0.3, -0.25) is 0 Å². The third kappa shape index (κ3) is 3.60. The first-order valence-corrected chi connectivity index (χ1v) is 9.62. The van der Waals surface area contributed by atoms with Crippen LogP contribution in [-0.2, 0) is 19.1 Å². The maximum atomic E-state index is 12.2. The Labute approximate surface area is 158 Å². The smallest absolute Gasteiger partial charge is 0.333 e. The minimum absolute atomic E-state index is 0.0380. The van der Waals surface area contributed by atoms with Crippen LogP contribution in [0, 0.1) is 28.6 Å². The lowest BCUT2D eigenvalue weighted by molar-refractivity contribution is -0.152. The van der Waals surface area contributed by atoms with Crippen molar-refractivity contribution >= 4 is 11.9 Å². The second-order valence-electron chi connectivity index (χ2n) is 9.37. The lowest BCUT2D eigenvalue weighted by Crippen LogP contribution is -2.38. The van der Waals surface area contributed by atoms with Crippen molar-refractivity contribution in [1.82, 2.24) is 0 Å². The van der Waals surface area contributed by atoms with Crippen LogP contribution in [0.1, 0.15) is 61.3 Å². The lowest BCUT2D eigenvalue weighted by atomic mass is 9.70. The van der Waals surface area contributed by atoms with Gasteiger partial charge in [-0.1, -0.05) is 47.3 Å². The van der Waals surface area contributed by atoms with E-state index < -0.39 is 0 Å². The number of carbonyl (C=O) groups is 2. The molecule has 2 aliphatic rings. The average molecular weight is 363 g/mol. The molecule has 26 heavy (non-hydrogen) atoms. The van der Waals surface area contributed by atoms with Crippen molar-refractivity contribution in [3.05, 3.63) is 23.8 Å². The van der Waals surface area contributed by atoms with E-state index in [1.54, 1.807) is 6.92 Å². The predicted octanol–water partition coefficient (Wildman–Crippen LogP) is 4.69. The lowest BCUT2D eigenvalue weighted by Gasteiger charge is -2.38. The zero-order valence-electron chi connectivity index (χ0n) is 17.3. The van der Waals surface area contributed by atoms with Crippen LogP contribution in [0.5, 0.6) is 0 Å². The van der Waals surface area contributed by atoms with E-state index >= 15 is 0 Å². The first kappa shape index (κ1) is 20.7. The molecule has 2 bridgehead atoms. The molecule has 4 atom stereocenters. The van der Waals surface area contributed by atoms with Crippen LogP contribution < -0.4 is 0 Å². The molecule has 2 rings (SSSR count). The molecule has 0 aromatic carbocycles. The number of hydrogen-bond donors (Lipinski definition) is 0. The first-order chi connectivity index (χ1) is 11.9. The summed E-state index contributed by atoms with van der Waals surface area (Å²) < 4.78 is 11.1. The summed E-state index contributed by atoms with van der Waals surface area (Å²) in [6.45, 7) is 18.4. The number of carbonyl (C=O) groups excluding carboxylic acids is 2. The van der Waals surface area contributed by atoms with E-state index in [1.165, 1.54) is 0 Å². The molecule has 0 N–H and O–H groups in total. The summed E-state index contributed by atoms with van der Waals surface area (Å²) in [5.41, 5.74) is 1.05. The normalized spacial score (nSPS) is 32.6. The Kier molecular flexibility index (Phi) is 5.74. The molecule has 4 unspecified atom stereocenters. The highest BCUT2D eigenvalue weighted by Gasteiger charge is 2.66. The monoisotopic (exact) mass is 362 g/mol. The third-order valence-electron chi connectivity index (χ3n) is 6.69.